The summed E-state index contributed by atoms with van der Waals surface area (Å²) in [6.07, 6.45) is 5.31. The van der Waals surface area contributed by atoms with E-state index in [1.165, 1.54) is 6.07 Å². The van der Waals surface area contributed by atoms with E-state index in [4.69, 9.17) is 24.4 Å². The smallest absolute Gasteiger partial charge is 0.171 e. The van der Waals surface area contributed by atoms with Gasteiger partial charge in [-0.1, -0.05) is 56.3 Å². The Morgan fingerprint density at radius 1 is 0.872 bits per heavy atom. The number of rotatable bonds is 3. The molecule has 2 aromatic heterocycles. The average Bonchev–Trinajstić information content (AvgIpc) is 3.46. The molecule has 1 aliphatic heterocycles. The van der Waals surface area contributed by atoms with E-state index < -0.39 is 5.79 Å². The van der Waals surface area contributed by atoms with Crippen molar-refractivity contribution in [2.24, 2.45) is 11.8 Å². The molecule has 7 rings (SSSR count). The first-order valence-electron chi connectivity index (χ1n) is 13.9. The quantitative estimate of drug-likeness (QED) is 0.290. The number of fused-ring (bicyclic) bond motifs is 3. The van der Waals surface area contributed by atoms with Crippen molar-refractivity contribution in [2.45, 2.75) is 50.7 Å². The van der Waals surface area contributed by atoms with Gasteiger partial charge in [0.1, 0.15) is 5.82 Å². The lowest BCUT2D eigenvalue weighted by molar-refractivity contribution is -0.234. The van der Waals surface area contributed by atoms with Crippen LogP contribution in [0.1, 0.15) is 44.4 Å². The molecule has 2 aliphatic carbocycles. The zero-order valence-electron chi connectivity index (χ0n) is 22.4. The normalized spacial score (nSPS) is 25.3. The molecule has 2 aromatic carbocycles. The Morgan fingerprint density at radius 2 is 1.64 bits per heavy atom. The van der Waals surface area contributed by atoms with Gasteiger partial charge >= 0.3 is 0 Å². The van der Waals surface area contributed by atoms with Gasteiger partial charge in [-0.25, -0.2) is 14.4 Å². The van der Waals surface area contributed by atoms with Gasteiger partial charge in [0.05, 0.1) is 30.3 Å². The SMILES string of the molecule is C[C@@H]1[C@H]2CCc3c(-c4ccccc4F)nc(-c4ccc(-c5ccccc5)nc4)nc3[C@]2(C)CCC12OCCO2. The van der Waals surface area contributed by atoms with E-state index in [0.29, 0.717) is 36.2 Å². The van der Waals surface area contributed by atoms with E-state index in [2.05, 4.69) is 13.8 Å². The van der Waals surface area contributed by atoms with Crippen LogP contribution in [0, 0.1) is 17.7 Å². The monoisotopic (exact) mass is 521 g/mol. The molecule has 0 amide bonds. The van der Waals surface area contributed by atoms with Gasteiger partial charge in [-0.05, 0) is 49.4 Å². The number of ether oxygens (including phenoxy) is 2. The van der Waals surface area contributed by atoms with Crippen LogP contribution in [0.4, 0.5) is 4.39 Å². The summed E-state index contributed by atoms with van der Waals surface area (Å²) in [6.45, 7) is 5.90. The molecule has 198 valence electrons. The summed E-state index contributed by atoms with van der Waals surface area (Å²) in [5.41, 5.74) is 5.89. The first-order valence-corrected chi connectivity index (χ1v) is 13.9. The Bertz CT molecular complexity index is 1520. The summed E-state index contributed by atoms with van der Waals surface area (Å²) >= 11 is 0. The van der Waals surface area contributed by atoms with Crippen molar-refractivity contribution in [3.05, 3.63) is 90.0 Å². The largest absolute Gasteiger partial charge is 0.347 e. The summed E-state index contributed by atoms with van der Waals surface area (Å²) in [6, 6.07) is 21.0. The number of pyridine rings is 1. The van der Waals surface area contributed by atoms with E-state index in [-0.39, 0.29) is 17.2 Å². The molecule has 3 atom stereocenters. The zero-order chi connectivity index (χ0) is 26.6. The Balaban J connectivity index is 1.37. The minimum atomic E-state index is -0.497. The van der Waals surface area contributed by atoms with Crippen LogP contribution in [0.15, 0.2) is 72.9 Å². The zero-order valence-corrected chi connectivity index (χ0v) is 22.4. The van der Waals surface area contributed by atoms with E-state index in [1.54, 1.807) is 6.07 Å². The van der Waals surface area contributed by atoms with Crippen molar-refractivity contribution >= 4 is 0 Å². The maximum absolute atomic E-state index is 15.2. The van der Waals surface area contributed by atoms with Crippen LogP contribution in [0.5, 0.6) is 0 Å². The molecule has 1 saturated carbocycles. The second-order valence-corrected chi connectivity index (χ2v) is 11.4. The number of benzene rings is 2. The topological polar surface area (TPSA) is 57.1 Å². The van der Waals surface area contributed by atoms with Crippen molar-refractivity contribution < 1.29 is 13.9 Å². The first-order chi connectivity index (χ1) is 19.0. The van der Waals surface area contributed by atoms with Crippen LogP contribution in [0.3, 0.4) is 0 Å². The predicted octanol–water partition coefficient (Wildman–Crippen LogP) is 7.00. The summed E-state index contributed by atoms with van der Waals surface area (Å²) in [4.78, 5) is 15.0. The third kappa shape index (κ3) is 3.92. The van der Waals surface area contributed by atoms with E-state index in [1.807, 2.05) is 60.8 Å². The van der Waals surface area contributed by atoms with Gasteiger partial charge in [0.2, 0.25) is 0 Å². The Kier molecular flexibility index (Phi) is 5.87. The number of hydrogen-bond acceptors (Lipinski definition) is 5. The molecule has 2 fully saturated rings. The third-order valence-corrected chi connectivity index (χ3v) is 9.36. The molecule has 0 N–H and O–H groups in total. The highest BCUT2D eigenvalue weighted by Gasteiger charge is 2.57. The minimum Gasteiger partial charge on any atom is -0.347 e. The van der Waals surface area contributed by atoms with Crippen LogP contribution < -0.4 is 0 Å². The highest BCUT2D eigenvalue weighted by molar-refractivity contribution is 5.70. The summed E-state index contributed by atoms with van der Waals surface area (Å²) in [7, 11) is 0. The Morgan fingerprint density at radius 3 is 2.38 bits per heavy atom. The number of nitrogens with zero attached hydrogens (tertiary/aromatic N) is 3. The fourth-order valence-corrected chi connectivity index (χ4v) is 7.25. The molecular weight excluding hydrogens is 489 g/mol. The van der Waals surface area contributed by atoms with Gasteiger partial charge in [-0.3, -0.25) is 4.98 Å². The molecule has 6 heteroatoms. The van der Waals surface area contributed by atoms with Crippen molar-refractivity contribution in [3.8, 4) is 33.9 Å². The van der Waals surface area contributed by atoms with Crippen LogP contribution in [0.25, 0.3) is 33.9 Å². The standard InChI is InChI=1S/C33H32FN3O2/c1-21-26-14-13-25-29(24-10-6-7-11-27(24)34)36-31(23-12-15-28(35-20-23)22-8-4-3-5-9-22)37-30(25)32(26,2)16-17-33(21)38-18-19-39-33/h3-12,15,20-21,26H,13-14,16-19H2,1-2H3/t21-,26-,32-/m1/s1. The second kappa shape index (κ2) is 9.32. The van der Waals surface area contributed by atoms with Crippen molar-refractivity contribution in [1.82, 2.24) is 15.0 Å². The van der Waals surface area contributed by atoms with Crippen molar-refractivity contribution in [2.75, 3.05) is 13.2 Å². The fourth-order valence-electron chi connectivity index (χ4n) is 7.25. The molecular formula is C33H32FN3O2. The average molecular weight is 522 g/mol. The molecule has 3 heterocycles. The summed E-state index contributed by atoms with van der Waals surface area (Å²) in [5, 5.41) is 0. The van der Waals surface area contributed by atoms with Crippen LogP contribution >= 0.6 is 0 Å². The lowest BCUT2D eigenvalue weighted by Crippen LogP contribution is -2.55. The molecule has 4 aromatic rings. The Labute approximate surface area is 228 Å². The molecule has 39 heavy (non-hydrogen) atoms. The van der Waals surface area contributed by atoms with Gasteiger partial charge in [0, 0.05) is 46.2 Å². The summed E-state index contributed by atoms with van der Waals surface area (Å²) < 4.78 is 27.6. The van der Waals surface area contributed by atoms with Crippen LogP contribution in [-0.4, -0.2) is 34.0 Å². The number of hydrogen-bond donors (Lipinski definition) is 0. The second-order valence-electron chi connectivity index (χ2n) is 11.4. The highest BCUT2D eigenvalue weighted by Crippen LogP contribution is 2.57. The van der Waals surface area contributed by atoms with Gasteiger partial charge in [-0.15, -0.1) is 0 Å². The molecule has 3 aliphatic rings. The lowest BCUT2D eigenvalue weighted by Gasteiger charge is -2.54. The van der Waals surface area contributed by atoms with Gasteiger partial charge in [-0.2, -0.15) is 0 Å². The molecule has 0 radical (unpaired) electrons. The van der Waals surface area contributed by atoms with Gasteiger partial charge in [0.25, 0.3) is 0 Å². The van der Waals surface area contributed by atoms with Crippen molar-refractivity contribution in [3.63, 3.8) is 0 Å². The number of halogens is 1. The molecule has 0 unspecified atom stereocenters. The van der Waals surface area contributed by atoms with Gasteiger partial charge in [0.15, 0.2) is 11.6 Å². The molecule has 0 bridgehead atoms. The molecule has 1 saturated heterocycles. The lowest BCUT2D eigenvalue weighted by atomic mass is 9.54. The first kappa shape index (κ1) is 24.6. The molecule has 5 nitrogen and oxygen atoms in total. The fraction of sp³-hybridized carbons (Fsp3) is 0.364. The van der Waals surface area contributed by atoms with E-state index in [0.717, 1.165) is 53.8 Å². The van der Waals surface area contributed by atoms with Gasteiger partial charge < -0.3 is 9.47 Å². The highest BCUT2D eigenvalue weighted by atomic mass is 19.1. The summed E-state index contributed by atoms with van der Waals surface area (Å²) in [5.74, 6) is 0.393. The minimum absolute atomic E-state index is 0.192. The number of aromatic nitrogens is 3. The van der Waals surface area contributed by atoms with Crippen LogP contribution in [0.2, 0.25) is 0 Å². The Hall–Kier alpha value is -3.48. The predicted molar refractivity (Wildman–Crippen MR) is 148 cm³/mol. The maximum atomic E-state index is 15.2. The van der Waals surface area contributed by atoms with Crippen molar-refractivity contribution in [1.29, 1.82) is 0 Å². The van der Waals surface area contributed by atoms with Crippen LogP contribution in [-0.2, 0) is 21.3 Å². The third-order valence-electron chi connectivity index (χ3n) is 9.36. The van der Waals surface area contributed by atoms with E-state index >= 15 is 4.39 Å². The van der Waals surface area contributed by atoms with E-state index in [9.17, 15) is 0 Å². The molecule has 1 spiro atoms. The maximum Gasteiger partial charge on any atom is 0.171 e.